The molecule has 0 spiro atoms. The van der Waals surface area contributed by atoms with Crippen LogP contribution in [0.5, 0.6) is 5.75 Å². The van der Waals surface area contributed by atoms with E-state index in [0.717, 1.165) is 30.4 Å². The summed E-state index contributed by atoms with van der Waals surface area (Å²) in [5.74, 6) is -0.266. The van der Waals surface area contributed by atoms with Crippen LogP contribution in [0.25, 0.3) is 0 Å². The van der Waals surface area contributed by atoms with Gasteiger partial charge in [0.1, 0.15) is 0 Å². The standard InChI is InChI=1S/C22H21FN4O4S/c1-14(30-18-6-3-2-5-17(18)23)21-25-26-22(31-21)32-13-19(28)24-15-8-10-16(11-9-15)27-12-4-7-20(27)29/h2-3,5-6,8-11,14H,4,7,12-13H2,1H3,(H,24,28). The number of para-hydroxylation sites is 1. The molecule has 2 aromatic carbocycles. The number of halogens is 1. The van der Waals surface area contributed by atoms with Gasteiger partial charge in [-0.1, -0.05) is 23.9 Å². The van der Waals surface area contributed by atoms with Gasteiger partial charge in [-0.3, -0.25) is 9.59 Å². The average molecular weight is 456 g/mol. The van der Waals surface area contributed by atoms with Crippen molar-refractivity contribution in [1.82, 2.24) is 10.2 Å². The van der Waals surface area contributed by atoms with Gasteiger partial charge in [0.15, 0.2) is 17.7 Å². The van der Waals surface area contributed by atoms with E-state index in [2.05, 4.69) is 15.5 Å². The lowest BCUT2D eigenvalue weighted by atomic mass is 10.2. The van der Waals surface area contributed by atoms with Crippen LogP contribution < -0.4 is 15.0 Å². The Kier molecular flexibility index (Phi) is 6.69. The summed E-state index contributed by atoms with van der Waals surface area (Å²) < 4.78 is 24.8. The van der Waals surface area contributed by atoms with E-state index in [1.54, 1.807) is 36.1 Å². The van der Waals surface area contributed by atoms with Crippen LogP contribution in [0, 0.1) is 5.82 Å². The number of aromatic nitrogens is 2. The van der Waals surface area contributed by atoms with Crippen LogP contribution in [0.4, 0.5) is 15.8 Å². The number of nitrogens with zero attached hydrogens (tertiary/aromatic N) is 3. The van der Waals surface area contributed by atoms with E-state index in [1.807, 2.05) is 12.1 Å². The fourth-order valence-electron chi connectivity index (χ4n) is 3.19. The molecule has 0 radical (unpaired) electrons. The zero-order valence-electron chi connectivity index (χ0n) is 17.3. The van der Waals surface area contributed by atoms with Crippen molar-refractivity contribution in [3.63, 3.8) is 0 Å². The Hall–Kier alpha value is -3.40. The molecular weight excluding hydrogens is 435 g/mol. The minimum atomic E-state index is -0.649. The Morgan fingerprint density at radius 3 is 2.75 bits per heavy atom. The predicted octanol–water partition coefficient (Wildman–Crippen LogP) is 4.21. The first-order chi connectivity index (χ1) is 15.5. The summed E-state index contributed by atoms with van der Waals surface area (Å²) >= 11 is 1.08. The maximum atomic E-state index is 13.7. The maximum absolute atomic E-state index is 13.7. The number of anilines is 2. The molecule has 1 fully saturated rings. The van der Waals surface area contributed by atoms with Crippen LogP contribution in [0.15, 0.2) is 58.2 Å². The van der Waals surface area contributed by atoms with E-state index in [-0.39, 0.29) is 34.4 Å². The van der Waals surface area contributed by atoms with Crippen molar-refractivity contribution in [2.24, 2.45) is 0 Å². The fraction of sp³-hybridized carbons (Fsp3) is 0.273. The maximum Gasteiger partial charge on any atom is 0.277 e. The number of carbonyl (C=O) groups excluding carboxylic acids is 2. The van der Waals surface area contributed by atoms with Crippen LogP contribution in [0.1, 0.15) is 31.8 Å². The van der Waals surface area contributed by atoms with Crippen LogP contribution >= 0.6 is 11.8 Å². The third kappa shape index (κ3) is 5.25. The lowest BCUT2D eigenvalue weighted by Crippen LogP contribution is -2.23. The number of hydrogen-bond donors (Lipinski definition) is 1. The summed E-state index contributed by atoms with van der Waals surface area (Å²) in [6, 6.07) is 13.2. The molecule has 3 aromatic rings. The topological polar surface area (TPSA) is 97.6 Å². The minimum Gasteiger partial charge on any atom is -0.478 e. The lowest BCUT2D eigenvalue weighted by molar-refractivity contribution is -0.117. The molecule has 8 nitrogen and oxygen atoms in total. The molecule has 1 aliphatic heterocycles. The molecule has 1 aliphatic rings. The summed E-state index contributed by atoms with van der Waals surface area (Å²) in [5, 5.41) is 10.8. The number of rotatable bonds is 8. The Balaban J connectivity index is 1.27. The van der Waals surface area contributed by atoms with Crippen molar-refractivity contribution in [2.45, 2.75) is 31.1 Å². The summed E-state index contributed by atoms with van der Waals surface area (Å²) in [7, 11) is 0. The second-order valence-corrected chi connectivity index (χ2v) is 8.06. The molecule has 1 saturated heterocycles. The van der Waals surface area contributed by atoms with Gasteiger partial charge in [-0.2, -0.15) is 0 Å². The third-order valence-electron chi connectivity index (χ3n) is 4.77. The average Bonchev–Trinajstić information content (AvgIpc) is 3.44. The first-order valence-electron chi connectivity index (χ1n) is 10.1. The van der Waals surface area contributed by atoms with Gasteiger partial charge in [0.05, 0.1) is 5.75 Å². The van der Waals surface area contributed by atoms with E-state index < -0.39 is 11.9 Å². The van der Waals surface area contributed by atoms with Crippen LogP contribution in [0.2, 0.25) is 0 Å². The third-order valence-corrected chi connectivity index (χ3v) is 5.59. The zero-order valence-corrected chi connectivity index (χ0v) is 18.1. The van der Waals surface area contributed by atoms with Gasteiger partial charge in [-0.15, -0.1) is 10.2 Å². The van der Waals surface area contributed by atoms with Gasteiger partial charge in [0.2, 0.25) is 11.8 Å². The van der Waals surface area contributed by atoms with E-state index in [9.17, 15) is 14.0 Å². The van der Waals surface area contributed by atoms with Crippen LogP contribution in [0.3, 0.4) is 0 Å². The Labute approximate surface area is 188 Å². The Morgan fingerprint density at radius 1 is 1.25 bits per heavy atom. The number of amides is 2. The molecular formula is C22H21FN4O4S. The number of carbonyl (C=O) groups is 2. The van der Waals surface area contributed by atoms with E-state index in [1.165, 1.54) is 12.1 Å². The highest BCUT2D eigenvalue weighted by molar-refractivity contribution is 7.99. The molecule has 32 heavy (non-hydrogen) atoms. The zero-order chi connectivity index (χ0) is 22.5. The summed E-state index contributed by atoms with van der Waals surface area (Å²) in [6.07, 6.45) is 0.782. The molecule has 0 aliphatic carbocycles. The monoisotopic (exact) mass is 456 g/mol. The molecule has 1 atom stereocenters. The van der Waals surface area contributed by atoms with Gasteiger partial charge in [-0.25, -0.2) is 4.39 Å². The van der Waals surface area contributed by atoms with Crippen molar-refractivity contribution >= 4 is 35.0 Å². The second-order valence-electron chi connectivity index (χ2n) is 7.13. The van der Waals surface area contributed by atoms with Crippen molar-refractivity contribution in [3.05, 3.63) is 60.2 Å². The van der Waals surface area contributed by atoms with E-state index >= 15 is 0 Å². The number of nitrogens with one attached hydrogen (secondary N) is 1. The molecule has 1 aromatic heterocycles. The SMILES string of the molecule is CC(Oc1ccccc1F)c1nnc(SCC(=O)Nc2ccc(N3CCCC3=O)cc2)o1. The number of ether oxygens (including phenoxy) is 1. The molecule has 0 bridgehead atoms. The van der Waals surface area contributed by atoms with Gasteiger partial charge < -0.3 is 19.4 Å². The highest BCUT2D eigenvalue weighted by Gasteiger charge is 2.21. The lowest BCUT2D eigenvalue weighted by Gasteiger charge is -2.16. The van der Waals surface area contributed by atoms with Crippen molar-refractivity contribution in [3.8, 4) is 5.75 Å². The second kappa shape index (κ2) is 9.82. The van der Waals surface area contributed by atoms with Gasteiger partial charge >= 0.3 is 0 Å². The van der Waals surface area contributed by atoms with Gasteiger partial charge in [0, 0.05) is 24.3 Å². The van der Waals surface area contributed by atoms with Gasteiger partial charge in [-0.05, 0) is 49.7 Å². The number of benzene rings is 2. The smallest absolute Gasteiger partial charge is 0.277 e. The quantitative estimate of drug-likeness (QED) is 0.507. The summed E-state index contributed by atoms with van der Waals surface area (Å²) in [4.78, 5) is 25.8. The normalized spacial score (nSPS) is 14.4. The van der Waals surface area contributed by atoms with Crippen LogP contribution in [-0.2, 0) is 9.59 Å². The highest BCUT2D eigenvalue weighted by atomic mass is 32.2. The summed E-state index contributed by atoms with van der Waals surface area (Å²) in [6.45, 7) is 2.39. The minimum absolute atomic E-state index is 0.0660. The van der Waals surface area contributed by atoms with Crippen LogP contribution in [-0.4, -0.2) is 34.3 Å². The Morgan fingerprint density at radius 2 is 2.03 bits per heavy atom. The fourth-order valence-corrected chi connectivity index (χ4v) is 3.76. The molecule has 4 rings (SSSR count). The van der Waals surface area contributed by atoms with E-state index in [0.29, 0.717) is 12.1 Å². The van der Waals surface area contributed by atoms with Gasteiger partial charge in [0.25, 0.3) is 11.1 Å². The molecule has 2 heterocycles. The molecule has 0 saturated carbocycles. The van der Waals surface area contributed by atoms with E-state index in [4.69, 9.17) is 9.15 Å². The predicted molar refractivity (Wildman–Crippen MR) is 117 cm³/mol. The summed E-state index contributed by atoms with van der Waals surface area (Å²) in [5.41, 5.74) is 1.45. The molecule has 1 N–H and O–H groups in total. The number of thioether (sulfide) groups is 1. The van der Waals surface area contributed by atoms with Crippen molar-refractivity contribution in [1.29, 1.82) is 0 Å². The first-order valence-corrected chi connectivity index (χ1v) is 11.1. The highest BCUT2D eigenvalue weighted by Crippen LogP contribution is 2.26. The van der Waals surface area contributed by atoms with Crippen molar-refractivity contribution < 1.29 is 23.1 Å². The molecule has 2 amide bonds. The molecule has 1 unspecified atom stereocenters. The molecule has 166 valence electrons. The number of hydrogen-bond acceptors (Lipinski definition) is 7. The largest absolute Gasteiger partial charge is 0.478 e. The van der Waals surface area contributed by atoms with Crippen molar-refractivity contribution in [2.75, 3.05) is 22.5 Å². The first kappa shape index (κ1) is 21.8. The molecule has 10 heteroatoms. The Bertz CT molecular complexity index is 1110.